The average molecular weight is 332 g/mol. The van der Waals surface area contributed by atoms with Crippen LogP contribution >= 0.6 is 27.3 Å². The molecule has 2 rings (SSSR count). The van der Waals surface area contributed by atoms with Crippen LogP contribution in [-0.2, 0) is 4.74 Å². The van der Waals surface area contributed by atoms with E-state index in [1.54, 1.807) is 11.3 Å². The van der Waals surface area contributed by atoms with Crippen molar-refractivity contribution in [3.05, 3.63) is 20.8 Å². The van der Waals surface area contributed by atoms with Gasteiger partial charge in [-0.05, 0) is 66.6 Å². The third-order valence-corrected chi connectivity index (χ3v) is 4.78. The summed E-state index contributed by atoms with van der Waals surface area (Å²) in [6.07, 6.45) is 2.69. The molecule has 0 aromatic carbocycles. The molecule has 2 heterocycles. The SMILES string of the molecule is CC(C)(C)NCC1CCCOC1c1csc(Br)c1. The van der Waals surface area contributed by atoms with Crippen LogP contribution in [0.1, 0.15) is 45.3 Å². The van der Waals surface area contributed by atoms with E-state index in [9.17, 15) is 0 Å². The van der Waals surface area contributed by atoms with Crippen molar-refractivity contribution < 1.29 is 4.74 Å². The second-order valence-electron chi connectivity index (χ2n) is 6.01. The van der Waals surface area contributed by atoms with Crippen molar-refractivity contribution in [3.63, 3.8) is 0 Å². The van der Waals surface area contributed by atoms with Gasteiger partial charge in [-0.15, -0.1) is 11.3 Å². The summed E-state index contributed by atoms with van der Waals surface area (Å²) in [5.74, 6) is 0.583. The maximum atomic E-state index is 6.00. The lowest BCUT2D eigenvalue weighted by Gasteiger charge is -2.34. The van der Waals surface area contributed by atoms with E-state index < -0.39 is 0 Å². The Labute approximate surface area is 122 Å². The van der Waals surface area contributed by atoms with Crippen molar-refractivity contribution >= 4 is 27.3 Å². The second kappa shape index (κ2) is 6.04. The topological polar surface area (TPSA) is 21.3 Å². The quantitative estimate of drug-likeness (QED) is 0.888. The summed E-state index contributed by atoms with van der Waals surface area (Å²) < 4.78 is 7.19. The van der Waals surface area contributed by atoms with Gasteiger partial charge in [0.05, 0.1) is 9.89 Å². The van der Waals surface area contributed by atoms with Crippen molar-refractivity contribution in [2.45, 2.75) is 45.3 Å². The molecule has 1 fully saturated rings. The molecule has 1 aliphatic heterocycles. The summed E-state index contributed by atoms with van der Waals surface area (Å²) in [6.45, 7) is 8.57. The van der Waals surface area contributed by atoms with Gasteiger partial charge in [-0.2, -0.15) is 0 Å². The van der Waals surface area contributed by atoms with E-state index in [4.69, 9.17) is 4.74 Å². The maximum Gasteiger partial charge on any atom is 0.0873 e. The molecule has 0 aliphatic carbocycles. The molecule has 2 nitrogen and oxygen atoms in total. The summed E-state index contributed by atoms with van der Waals surface area (Å²) in [5.41, 5.74) is 1.50. The van der Waals surface area contributed by atoms with Crippen LogP contribution in [0.5, 0.6) is 0 Å². The molecule has 18 heavy (non-hydrogen) atoms. The summed E-state index contributed by atoms with van der Waals surface area (Å²) in [4.78, 5) is 0. The molecule has 4 heteroatoms. The Morgan fingerprint density at radius 2 is 2.28 bits per heavy atom. The molecular weight excluding hydrogens is 310 g/mol. The molecule has 2 unspecified atom stereocenters. The van der Waals surface area contributed by atoms with E-state index in [-0.39, 0.29) is 11.6 Å². The molecule has 2 atom stereocenters. The van der Waals surface area contributed by atoms with Crippen molar-refractivity contribution in [3.8, 4) is 0 Å². The zero-order valence-electron chi connectivity index (χ0n) is 11.3. The smallest absolute Gasteiger partial charge is 0.0873 e. The average Bonchev–Trinajstić information content (AvgIpc) is 2.72. The Bertz CT molecular complexity index is 385. The highest BCUT2D eigenvalue weighted by Crippen LogP contribution is 2.36. The predicted molar refractivity (Wildman–Crippen MR) is 81.2 cm³/mol. The number of nitrogens with one attached hydrogen (secondary N) is 1. The first-order chi connectivity index (χ1) is 8.46. The van der Waals surface area contributed by atoms with Crippen LogP contribution in [0.15, 0.2) is 15.2 Å². The number of hydrogen-bond donors (Lipinski definition) is 1. The molecule has 0 amide bonds. The summed E-state index contributed by atoms with van der Waals surface area (Å²) in [6, 6.07) is 2.20. The van der Waals surface area contributed by atoms with Gasteiger partial charge in [0, 0.05) is 24.6 Å². The Morgan fingerprint density at radius 3 is 2.89 bits per heavy atom. The first-order valence-electron chi connectivity index (χ1n) is 6.56. The third kappa shape index (κ3) is 4.05. The van der Waals surface area contributed by atoms with Gasteiger partial charge in [0.2, 0.25) is 0 Å². The van der Waals surface area contributed by atoms with Crippen LogP contribution < -0.4 is 5.32 Å². The normalized spacial score (nSPS) is 25.3. The minimum Gasteiger partial charge on any atom is -0.373 e. The molecule has 1 N–H and O–H groups in total. The lowest BCUT2D eigenvalue weighted by molar-refractivity contribution is -0.0290. The fourth-order valence-corrected chi connectivity index (χ4v) is 3.53. The molecule has 1 aliphatic rings. The van der Waals surface area contributed by atoms with Crippen molar-refractivity contribution in [2.75, 3.05) is 13.2 Å². The molecule has 0 bridgehead atoms. The molecule has 102 valence electrons. The van der Waals surface area contributed by atoms with E-state index in [1.807, 2.05) is 0 Å². The Balaban J connectivity index is 2.02. The Hall–Kier alpha value is 0.100. The number of thiophene rings is 1. The van der Waals surface area contributed by atoms with Gasteiger partial charge in [0.15, 0.2) is 0 Å². The van der Waals surface area contributed by atoms with Gasteiger partial charge in [0.25, 0.3) is 0 Å². The van der Waals surface area contributed by atoms with Crippen LogP contribution in [0.2, 0.25) is 0 Å². The maximum absolute atomic E-state index is 6.00. The molecule has 0 saturated carbocycles. The number of hydrogen-bond acceptors (Lipinski definition) is 3. The van der Waals surface area contributed by atoms with Gasteiger partial charge < -0.3 is 10.1 Å². The minimum absolute atomic E-state index is 0.178. The molecular formula is C14H22BrNOS. The number of rotatable bonds is 3. The number of halogens is 1. The van der Waals surface area contributed by atoms with Gasteiger partial charge in [-0.1, -0.05) is 0 Å². The highest BCUT2D eigenvalue weighted by Gasteiger charge is 2.28. The first kappa shape index (κ1) is 14.5. The highest BCUT2D eigenvalue weighted by molar-refractivity contribution is 9.11. The van der Waals surface area contributed by atoms with Gasteiger partial charge >= 0.3 is 0 Å². The molecule has 0 spiro atoms. The first-order valence-corrected chi connectivity index (χ1v) is 8.23. The fourth-order valence-electron chi connectivity index (χ4n) is 2.33. The van der Waals surface area contributed by atoms with E-state index in [1.165, 1.54) is 22.2 Å². The van der Waals surface area contributed by atoms with Crippen molar-refractivity contribution in [1.82, 2.24) is 5.32 Å². The molecule has 1 aromatic heterocycles. The van der Waals surface area contributed by atoms with Crippen LogP contribution in [0, 0.1) is 5.92 Å². The molecule has 1 saturated heterocycles. The third-order valence-electron chi connectivity index (χ3n) is 3.26. The largest absolute Gasteiger partial charge is 0.373 e. The molecule has 1 aromatic rings. The van der Waals surface area contributed by atoms with Crippen LogP contribution in [0.25, 0.3) is 0 Å². The fraction of sp³-hybridized carbons (Fsp3) is 0.714. The standard InChI is InChI=1S/C14H22BrNOS/c1-14(2,3)16-8-10-5-4-6-17-13(10)11-7-12(15)18-9-11/h7,9-10,13,16H,4-6,8H2,1-3H3. The monoisotopic (exact) mass is 331 g/mol. The van der Waals surface area contributed by atoms with Gasteiger partial charge in [-0.3, -0.25) is 0 Å². The minimum atomic E-state index is 0.178. The highest BCUT2D eigenvalue weighted by atomic mass is 79.9. The van der Waals surface area contributed by atoms with E-state index in [2.05, 4.69) is 53.5 Å². The summed E-state index contributed by atoms with van der Waals surface area (Å²) in [7, 11) is 0. The van der Waals surface area contributed by atoms with Crippen molar-refractivity contribution in [2.24, 2.45) is 5.92 Å². The lowest BCUT2D eigenvalue weighted by atomic mass is 9.90. The van der Waals surface area contributed by atoms with E-state index >= 15 is 0 Å². The number of ether oxygens (including phenoxy) is 1. The van der Waals surface area contributed by atoms with Crippen LogP contribution in [0.4, 0.5) is 0 Å². The van der Waals surface area contributed by atoms with Crippen LogP contribution in [-0.4, -0.2) is 18.7 Å². The Morgan fingerprint density at radius 1 is 1.50 bits per heavy atom. The van der Waals surface area contributed by atoms with E-state index in [0.29, 0.717) is 5.92 Å². The lowest BCUT2D eigenvalue weighted by Crippen LogP contribution is -2.41. The summed E-state index contributed by atoms with van der Waals surface area (Å²) >= 11 is 5.28. The zero-order valence-corrected chi connectivity index (χ0v) is 13.7. The molecule has 0 radical (unpaired) electrons. The van der Waals surface area contributed by atoms with E-state index in [0.717, 1.165) is 13.2 Å². The second-order valence-corrected chi connectivity index (χ2v) is 8.30. The van der Waals surface area contributed by atoms with Crippen molar-refractivity contribution in [1.29, 1.82) is 0 Å². The van der Waals surface area contributed by atoms with Gasteiger partial charge in [0.1, 0.15) is 0 Å². The Kier molecular flexibility index (Phi) is 4.86. The van der Waals surface area contributed by atoms with Gasteiger partial charge in [-0.25, -0.2) is 0 Å². The summed E-state index contributed by atoms with van der Waals surface area (Å²) in [5, 5.41) is 5.82. The van der Waals surface area contributed by atoms with Crippen LogP contribution in [0.3, 0.4) is 0 Å². The zero-order chi connectivity index (χ0) is 13.2. The predicted octanol–water partition coefficient (Wildman–Crippen LogP) is 4.37.